The Bertz CT molecular complexity index is 685. The van der Waals surface area contributed by atoms with Gasteiger partial charge < -0.3 is 4.57 Å². The first-order valence-electron chi connectivity index (χ1n) is 5.68. The summed E-state index contributed by atoms with van der Waals surface area (Å²) in [4.78, 5) is 4.20. The van der Waals surface area contributed by atoms with Crippen LogP contribution in [0.5, 0.6) is 0 Å². The number of aryl methyl sites for hydroxylation is 2. The zero-order valence-corrected chi connectivity index (χ0v) is 11.2. The average Bonchev–Trinajstić information content (AvgIpc) is 2.65. The molecule has 0 aliphatic rings. The van der Waals surface area contributed by atoms with Crippen molar-refractivity contribution in [2.75, 3.05) is 5.33 Å². The summed E-state index contributed by atoms with van der Waals surface area (Å²) in [5.41, 5.74) is 3.84. The van der Waals surface area contributed by atoms with Gasteiger partial charge in [0, 0.05) is 34.9 Å². The summed E-state index contributed by atoms with van der Waals surface area (Å²) in [7, 11) is 2.09. The largest absolute Gasteiger partial charge is 0.342 e. The molecule has 0 bridgehead atoms. The van der Waals surface area contributed by atoms with Gasteiger partial charge in [-0.2, -0.15) is 0 Å². The Kier molecular flexibility index (Phi) is 2.63. The SMILES string of the molecule is Cn1c2ccc(CCBr)cc2c2ccncc21. The number of fused-ring (bicyclic) bond motifs is 3. The third-order valence-corrected chi connectivity index (χ3v) is 3.65. The first-order valence-corrected chi connectivity index (χ1v) is 6.80. The summed E-state index contributed by atoms with van der Waals surface area (Å²) >= 11 is 3.49. The molecule has 0 aliphatic heterocycles. The highest BCUT2D eigenvalue weighted by Gasteiger charge is 2.07. The van der Waals surface area contributed by atoms with Gasteiger partial charge in [0.05, 0.1) is 11.7 Å². The van der Waals surface area contributed by atoms with Crippen molar-refractivity contribution in [1.82, 2.24) is 9.55 Å². The van der Waals surface area contributed by atoms with Gasteiger partial charge in [-0.15, -0.1) is 0 Å². The van der Waals surface area contributed by atoms with E-state index >= 15 is 0 Å². The molecule has 2 aromatic heterocycles. The molecule has 0 amide bonds. The Morgan fingerprint density at radius 2 is 2.06 bits per heavy atom. The number of hydrogen-bond donors (Lipinski definition) is 0. The van der Waals surface area contributed by atoms with Gasteiger partial charge in [0.1, 0.15) is 0 Å². The molecule has 3 rings (SSSR count). The fourth-order valence-electron chi connectivity index (χ4n) is 2.37. The maximum absolute atomic E-state index is 4.20. The van der Waals surface area contributed by atoms with Gasteiger partial charge in [-0.1, -0.05) is 22.0 Å². The monoisotopic (exact) mass is 288 g/mol. The smallest absolute Gasteiger partial charge is 0.0675 e. The maximum Gasteiger partial charge on any atom is 0.0675 e. The number of halogens is 1. The molecule has 0 fully saturated rings. The fraction of sp³-hybridized carbons (Fsp3) is 0.214. The summed E-state index contributed by atoms with van der Waals surface area (Å²) < 4.78 is 2.20. The van der Waals surface area contributed by atoms with Crippen LogP contribution in [0.3, 0.4) is 0 Å². The van der Waals surface area contributed by atoms with Crippen LogP contribution in [0.2, 0.25) is 0 Å². The number of hydrogen-bond acceptors (Lipinski definition) is 1. The molecule has 0 N–H and O–H groups in total. The van der Waals surface area contributed by atoms with E-state index < -0.39 is 0 Å². The van der Waals surface area contributed by atoms with Gasteiger partial charge in [-0.25, -0.2) is 0 Å². The lowest BCUT2D eigenvalue weighted by atomic mass is 10.1. The second-order valence-corrected chi connectivity index (χ2v) is 5.04. The zero-order valence-electron chi connectivity index (χ0n) is 9.65. The quantitative estimate of drug-likeness (QED) is 0.658. The number of pyridine rings is 1. The first-order chi connectivity index (χ1) is 8.31. The van der Waals surface area contributed by atoms with E-state index in [1.807, 2.05) is 12.4 Å². The molecule has 0 aliphatic carbocycles. The highest BCUT2D eigenvalue weighted by atomic mass is 79.9. The van der Waals surface area contributed by atoms with E-state index in [-0.39, 0.29) is 0 Å². The van der Waals surface area contributed by atoms with Crippen molar-refractivity contribution < 1.29 is 0 Å². The average molecular weight is 289 g/mol. The second-order valence-electron chi connectivity index (χ2n) is 4.24. The lowest BCUT2D eigenvalue weighted by Crippen LogP contribution is -1.88. The van der Waals surface area contributed by atoms with E-state index in [0.29, 0.717) is 0 Å². The third kappa shape index (κ3) is 1.65. The predicted octanol–water partition coefficient (Wildman–Crippen LogP) is 3.66. The number of alkyl halides is 1. The van der Waals surface area contributed by atoms with Crippen molar-refractivity contribution in [2.24, 2.45) is 7.05 Å². The van der Waals surface area contributed by atoms with Crippen molar-refractivity contribution in [1.29, 1.82) is 0 Å². The van der Waals surface area contributed by atoms with Crippen molar-refractivity contribution >= 4 is 37.7 Å². The highest BCUT2D eigenvalue weighted by Crippen LogP contribution is 2.28. The topological polar surface area (TPSA) is 17.8 Å². The minimum atomic E-state index is 1.00. The van der Waals surface area contributed by atoms with Crippen LogP contribution in [0.1, 0.15) is 5.56 Å². The minimum absolute atomic E-state index is 1.00. The van der Waals surface area contributed by atoms with Crippen LogP contribution >= 0.6 is 15.9 Å². The van der Waals surface area contributed by atoms with Crippen LogP contribution in [0, 0.1) is 0 Å². The molecule has 0 atom stereocenters. The number of benzene rings is 1. The normalized spacial score (nSPS) is 11.4. The summed E-state index contributed by atoms with van der Waals surface area (Å²) in [5.74, 6) is 0. The molecule has 0 saturated heterocycles. The van der Waals surface area contributed by atoms with Crippen LogP contribution < -0.4 is 0 Å². The Labute approximate surface area is 108 Å². The summed E-state index contributed by atoms with van der Waals surface area (Å²) in [6.07, 6.45) is 4.86. The third-order valence-electron chi connectivity index (χ3n) is 3.26. The number of nitrogens with zero attached hydrogens (tertiary/aromatic N) is 2. The predicted molar refractivity (Wildman–Crippen MR) is 75.7 cm³/mol. The number of aromatic nitrogens is 2. The molecule has 3 heteroatoms. The zero-order chi connectivity index (χ0) is 11.8. The van der Waals surface area contributed by atoms with Crippen molar-refractivity contribution in [3.05, 3.63) is 42.2 Å². The van der Waals surface area contributed by atoms with Gasteiger partial charge in [0.2, 0.25) is 0 Å². The van der Waals surface area contributed by atoms with E-state index in [1.165, 1.54) is 27.4 Å². The molecule has 2 heterocycles. The standard InChI is InChI=1S/C14H13BrN2/c1-17-13-3-2-10(4-6-15)8-12(13)11-5-7-16-9-14(11)17/h2-3,5,7-9H,4,6H2,1H3. The van der Waals surface area contributed by atoms with E-state index in [1.54, 1.807) is 0 Å². The van der Waals surface area contributed by atoms with Gasteiger partial charge in [0.25, 0.3) is 0 Å². The van der Waals surface area contributed by atoms with Gasteiger partial charge in [-0.3, -0.25) is 4.98 Å². The van der Waals surface area contributed by atoms with Gasteiger partial charge in [0.15, 0.2) is 0 Å². The van der Waals surface area contributed by atoms with Crippen molar-refractivity contribution in [2.45, 2.75) is 6.42 Å². The number of rotatable bonds is 2. The first kappa shape index (κ1) is 10.8. The van der Waals surface area contributed by atoms with Crippen LogP contribution in [0.15, 0.2) is 36.7 Å². The molecule has 17 heavy (non-hydrogen) atoms. The van der Waals surface area contributed by atoms with Gasteiger partial charge in [-0.05, 0) is 30.2 Å². The Hall–Kier alpha value is -1.35. The molecule has 0 radical (unpaired) electrons. The Balaban J connectivity index is 2.38. The molecule has 86 valence electrons. The molecular weight excluding hydrogens is 276 g/mol. The highest BCUT2D eigenvalue weighted by molar-refractivity contribution is 9.09. The van der Waals surface area contributed by atoms with Crippen LogP contribution in [0.25, 0.3) is 21.8 Å². The van der Waals surface area contributed by atoms with Crippen LogP contribution in [0.4, 0.5) is 0 Å². The lowest BCUT2D eigenvalue weighted by molar-refractivity contribution is 1.01. The van der Waals surface area contributed by atoms with Crippen LogP contribution in [-0.2, 0) is 13.5 Å². The van der Waals surface area contributed by atoms with Crippen molar-refractivity contribution in [3.8, 4) is 0 Å². The molecule has 0 spiro atoms. The lowest BCUT2D eigenvalue weighted by Gasteiger charge is -2.00. The van der Waals surface area contributed by atoms with Crippen LogP contribution in [-0.4, -0.2) is 14.9 Å². The summed E-state index contributed by atoms with van der Waals surface area (Å²) in [5, 5.41) is 3.61. The molecule has 1 aromatic carbocycles. The fourth-order valence-corrected chi connectivity index (χ4v) is 2.82. The molecular formula is C14H13BrN2. The Morgan fingerprint density at radius 1 is 1.18 bits per heavy atom. The van der Waals surface area contributed by atoms with E-state index in [2.05, 4.69) is 56.8 Å². The maximum atomic E-state index is 4.20. The van der Waals surface area contributed by atoms with E-state index in [4.69, 9.17) is 0 Å². The molecule has 2 nitrogen and oxygen atoms in total. The summed E-state index contributed by atoms with van der Waals surface area (Å²) in [6.45, 7) is 0. The van der Waals surface area contributed by atoms with E-state index in [0.717, 1.165) is 11.8 Å². The molecule has 0 saturated carbocycles. The molecule has 3 aromatic rings. The minimum Gasteiger partial charge on any atom is -0.342 e. The Morgan fingerprint density at radius 3 is 2.88 bits per heavy atom. The second kappa shape index (κ2) is 4.15. The van der Waals surface area contributed by atoms with E-state index in [9.17, 15) is 0 Å². The summed E-state index contributed by atoms with van der Waals surface area (Å²) in [6, 6.07) is 8.79. The van der Waals surface area contributed by atoms with Gasteiger partial charge >= 0.3 is 0 Å². The molecule has 0 unspecified atom stereocenters. The van der Waals surface area contributed by atoms with Crippen molar-refractivity contribution in [3.63, 3.8) is 0 Å².